The molecule has 4 rings (SSSR count). The molecule has 0 aliphatic heterocycles. The topological polar surface area (TPSA) is 65.4 Å². The van der Waals surface area contributed by atoms with Gasteiger partial charge in [-0.05, 0) is 30.2 Å². The van der Waals surface area contributed by atoms with E-state index in [1.54, 1.807) is 0 Å². The molecule has 31 heavy (non-hydrogen) atoms. The SMILES string of the molecule is CC(Cn1ncc2ccc(OCc3ccccc3)cc21)NC(=O)OCc1ccccc1. The maximum absolute atomic E-state index is 12.1. The van der Waals surface area contributed by atoms with Gasteiger partial charge in [0, 0.05) is 17.5 Å². The van der Waals surface area contributed by atoms with Crippen LogP contribution in [-0.4, -0.2) is 21.9 Å². The first kappa shape index (κ1) is 20.5. The second-order valence-electron chi connectivity index (χ2n) is 7.43. The third-order valence-electron chi connectivity index (χ3n) is 4.89. The van der Waals surface area contributed by atoms with Crippen molar-refractivity contribution in [3.05, 3.63) is 96.2 Å². The van der Waals surface area contributed by atoms with Crippen LogP contribution in [0.1, 0.15) is 18.1 Å². The average Bonchev–Trinajstić information content (AvgIpc) is 3.19. The second kappa shape index (κ2) is 9.80. The van der Waals surface area contributed by atoms with Crippen molar-refractivity contribution in [2.45, 2.75) is 32.7 Å². The van der Waals surface area contributed by atoms with Crippen molar-refractivity contribution in [2.75, 3.05) is 0 Å². The minimum Gasteiger partial charge on any atom is -0.489 e. The van der Waals surface area contributed by atoms with Crippen LogP contribution >= 0.6 is 0 Å². The van der Waals surface area contributed by atoms with Crippen molar-refractivity contribution in [2.24, 2.45) is 0 Å². The number of nitrogens with zero attached hydrogens (tertiary/aromatic N) is 2. The zero-order chi connectivity index (χ0) is 21.5. The van der Waals surface area contributed by atoms with E-state index in [1.165, 1.54) is 0 Å². The van der Waals surface area contributed by atoms with Crippen molar-refractivity contribution >= 4 is 17.0 Å². The molecule has 0 aliphatic carbocycles. The van der Waals surface area contributed by atoms with Crippen LogP contribution in [0.5, 0.6) is 5.75 Å². The molecule has 0 saturated carbocycles. The summed E-state index contributed by atoms with van der Waals surface area (Å²) in [6, 6.07) is 25.4. The van der Waals surface area contributed by atoms with Gasteiger partial charge in [0.05, 0.1) is 18.3 Å². The van der Waals surface area contributed by atoms with E-state index in [4.69, 9.17) is 9.47 Å². The predicted molar refractivity (Wildman–Crippen MR) is 120 cm³/mol. The number of hydrogen-bond acceptors (Lipinski definition) is 4. The molecule has 6 heteroatoms. The molecule has 0 radical (unpaired) electrons. The Bertz CT molecular complexity index is 1130. The number of rotatable bonds is 8. The lowest BCUT2D eigenvalue weighted by atomic mass is 10.2. The Morgan fingerprint density at radius 1 is 0.968 bits per heavy atom. The molecule has 3 aromatic carbocycles. The standard InChI is InChI=1S/C25H25N3O3/c1-19(27-25(29)31-18-21-10-6-3-7-11-21)16-28-24-14-23(13-12-22(24)15-26-28)30-17-20-8-4-2-5-9-20/h2-15,19H,16-18H2,1H3,(H,27,29). The van der Waals surface area contributed by atoms with Crippen molar-refractivity contribution in [3.8, 4) is 5.75 Å². The van der Waals surface area contributed by atoms with Gasteiger partial charge in [-0.3, -0.25) is 4.68 Å². The fourth-order valence-electron chi connectivity index (χ4n) is 3.30. The Morgan fingerprint density at radius 3 is 2.35 bits per heavy atom. The van der Waals surface area contributed by atoms with Gasteiger partial charge in [-0.1, -0.05) is 60.7 Å². The van der Waals surface area contributed by atoms with Crippen LogP contribution in [0.3, 0.4) is 0 Å². The Morgan fingerprint density at radius 2 is 1.65 bits per heavy atom. The molecule has 1 atom stereocenters. The number of aromatic nitrogens is 2. The molecule has 1 heterocycles. The van der Waals surface area contributed by atoms with Crippen LogP contribution in [0.25, 0.3) is 10.9 Å². The number of carbonyl (C=O) groups is 1. The zero-order valence-corrected chi connectivity index (χ0v) is 17.4. The summed E-state index contributed by atoms with van der Waals surface area (Å²) in [7, 11) is 0. The number of hydrogen-bond donors (Lipinski definition) is 1. The lowest BCUT2D eigenvalue weighted by Crippen LogP contribution is -2.36. The van der Waals surface area contributed by atoms with E-state index in [2.05, 4.69) is 10.4 Å². The molecule has 4 aromatic rings. The number of carbonyl (C=O) groups excluding carboxylic acids is 1. The largest absolute Gasteiger partial charge is 0.489 e. The fourth-order valence-corrected chi connectivity index (χ4v) is 3.30. The first-order chi connectivity index (χ1) is 15.2. The summed E-state index contributed by atoms with van der Waals surface area (Å²) in [6.45, 7) is 3.19. The highest BCUT2D eigenvalue weighted by atomic mass is 16.5. The van der Waals surface area contributed by atoms with Crippen LogP contribution < -0.4 is 10.1 Å². The number of alkyl carbamates (subject to hydrolysis) is 1. The molecule has 0 spiro atoms. The summed E-state index contributed by atoms with van der Waals surface area (Å²) in [5, 5.41) is 8.35. The molecule has 1 N–H and O–H groups in total. The first-order valence-corrected chi connectivity index (χ1v) is 10.3. The minimum atomic E-state index is -0.445. The minimum absolute atomic E-state index is 0.153. The van der Waals surface area contributed by atoms with Crippen LogP contribution in [0.15, 0.2) is 85.1 Å². The van der Waals surface area contributed by atoms with Gasteiger partial charge in [0.15, 0.2) is 0 Å². The lowest BCUT2D eigenvalue weighted by molar-refractivity contribution is 0.135. The number of benzene rings is 3. The van der Waals surface area contributed by atoms with E-state index in [9.17, 15) is 4.79 Å². The normalized spacial score (nSPS) is 11.8. The van der Waals surface area contributed by atoms with E-state index < -0.39 is 6.09 Å². The van der Waals surface area contributed by atoms with Crippen molar-refractivity contribution in [3.63, 3.8) is 0 Å². The molecule has 1 amide bonds. The van der Waals surface area contributed by atoms with Gasteiger partial charge >= 0.3 is 6.09 Å². The van der Waals surface area contributed by atoms with Crippen molar-refractivity contribution < 1.29 is 14.3 Å². The highest BCUT2D eigenvalue weighted by molar-refractivity contribution is 5.80. The van der Waals surface area contributed by atoms with Gasteiger partial charge < -0.3 is 14.8 Å². The van der Waals surface area contributed by atoms with E-state index in [0.717, 1.165) is 27.8 Å². The molecule has 6 nitrogen and oxygen atoms in total. The number of ether oxygens (including phenoxy) is 2. The Labute approximate surface area is 181 Å². The molecule has 0 bridgehead atoms. The smallest absolute Gasteiger partial charge is 0.407 e. The molecule has 0 aliphatic rings. The molecule has 1 unspecified atom stereocenters. The molecule has 158 valence electrons. The second-order valence-corrected chi connectivity index (χ2v) is 7.43. The Kier molecular flexibility index (Phi) is 6.47. The van der Waals surface area contributed by atoms with Crippen LogP contribution in [0.2, 0.25) is 0 Å². The highest BCUT2D eigenvalue weighted by Gasteiger charge is 2.12. The summed E-state index contributed by atoms with van der Waals surface area (Å²) in [6.07, 6.45) is 1.37. The van der Waals surface area contributed by atoms with Crippen LogP contribution in [-0.2, 0) is 24.5 Å². The van der Waals surface area contributed by atoms with Crippen molar-refractivity contribution in [1.82, 2.24) is 15.1 Å². The van der Waals surface area contributed by atoms with E-state index in [-0.39, 0.29) is 12.6 Å². The third kappa shape index (κ3) is 5.63. The van der Waals surface area contributed by atoms with Crippen LogP contribution in [0, 0.1) is 0 Å². The molecule has 0 saturated heterocycles. The molecule has 0 fully saturated rings. The molecular weight excluding hydrogens is 390 g/mol. The summed E-state index contributed by atoms with van der Waals surface area (Å²) >= 11 is 0. The summed E-state index contributed by atoms with van der Waals surface area (Å²) in [4.78, 5) is 12.1. The maximum atomic E-state index is 12.1. The zero-order valence-electron chi connectivity index (χ0n) is 17.4. The number of amides is 1. The quantitative estimate of drug-likeness (QED) is 0.443. The highest BCUT2D eigenvalue weighted by Crippen LogP contribution is 2.22. The van der Waals surface area contributed by atoms with E-state index in [1.807, 2.05) is 96.7 Å². The molecule has 1 aromatic heterocycles. The van der Waals surface area contributed by atoms with Gasteiger partial charge in [-0.15, -0.1) is 0 Å². The molecular formula is C25H25N3O3. The average molecular weight is 415 g/mol. The fraction of sp³-hybridized carbons (Fsp3) is 0.200. The lowest BCUT2D eigenvalue weighted by Gasteiger charge is -2.15. The maximum Gasteiger partial charge on any atom is 0.407 e. The first-order valence-electron chi connectivity index (χ1n) is 10.3. The van der Waals surface area contributed by atoms with Gasteiger partial charge in [-0.25, -0.2) is 4.79 Å². The predicted octanol–water partition coefficient (Wildman–Crippen LogP) is 4.93. The summed E-state index contributed by atoms with van der Waals surface area (Å²) in [5.41, 5.74) is 3.02. The Hall–Kier alpha value is -3.80. The van der Waals surface area contributed by atoms with Gasteiger partial charge in [-0.2, -0.15) is 5.10 Å². The number of nitrogens with one attached hydrogen (secondary N) is 1. The van der Waals surface area contributed by atoms with E-state index in [0.29, 0.717) is 13.2 Å². The summed E-state index contributed by atoms with van der Waals surface area (Å²) < 4.78 is 13.1. The van der Waals surface area contributed by atoms with Gasteiger partial charge in [0.1, 0.15) is 19.0 Å². The van der Waals surface area contributed by atoms with Crippen molar-refractivity contribution in [1.29, 1.82) is 0 Å². The van der Waals surface area contributed by atoms with Gasteiger partial charge in [0.2, 0.25) is 0 Å². The monoisotopic (exact) mass is 415 g/mol. The number of fused-ring (bicyclic) bond motifs is 1. The van der Waals surface area contributed by atoms with E-state index >= 15 is 0 Å². The van der Waals surface area contributed by atoms with Gasteiger partial charge in [0.25, 0.3) is 0 Å². The van der Waals surface area contributed by atoms with Crippen LogP contribution in [0.4, 0.5) is 4.79 Å². The summed E-state index contributed by atoms with van der Waals surface area (Å²) in [5.74, 6) is 0.779. The Balaban J connectivity index is 1.34. The third-order valence-corrected chi connectivity index (χ3v) is 4.89.